The van der Waals surface area contributed by atoms with Gasteiger partial charge in [-0.05, 0) is 24.1 Å². The Balaban J connectivity index is 1.95. The Bertz CT molecular complexity index is 1310. The quantitative estimate of drug-likeness (QED) is 0.112. The van der Waals surface area contributed by atoms with Gasteiger partial charge in [0.25, 0.3) is 5.91 Å². The first-order chi connectivity index (χ1) is 20.4. The molecule has 2 saturated heterocycles. The molecule has 2 aliphatic heterocycles. The summed E-state index contributed by atoms with van der Waals surface area (Å²) in [5.74, 6) is -5.73. The van der Waals surface area contributed by atoms with Gasteiger partial charge in [-0.25, -0.2) is 0 Å². The molecule has 0 bridgehead atoms. The van der Waals surface area contributed by atoms with Crippen LogP contribution in [0.3, 0.4) is 0 Å². The normalized spacial score (nSPS) is 28.9. The lowest BCUT2D eigenvalue weighted by Crippen LogP contribution is -2.65. The van der Waals surface area contributed by atoms with Gasteiger partial charge in [0.15, 0.2) is 17.5 Å². The first-order valence-electron chi connectivity index (χ1n) is 13.0. The first-order valence-corrected chi connectivity index (χ1v) is 13.0. The van der Waals surface area contributed by atoms with Crippen molar-refractivity contribution in [2.24, 2.45) is 17.2 Å². The number of aliphatic hydroxyl groups is 1. The van der Waals surface area contributed by atoms with Gasteiger partial charge in [-0.3, -0.25) is 29.4 Å². The smallest absolute Gasteiger partial charge is 0.270 e. The standard InChI is InChI=1S/C24H35N11O8/c25-5-13-20(40)30-14(6-26)21(41)35-18(23(43)29-7-10(27)19(39)32-15(8-36)22(42)31-13)12-4-11(33-24(28)34-12)9-1-2-16(37)17(38)3-9/h1-3,6,10-13,15,18,36-38H,4-5,7-8,25-27H2,(H,29,43)(H,30,40)(H,31,42)(H,32,39)(H,35,41)(H3,28,33,34)/b14-6-/t10-,11?,12?,13-,15-,18-/m0/s1. The Morgan fingerprint density at radius 2 is 1.60 bits per heavy atom. The van der Waals surface area contributed by atoms with E-state index in [1.54, 1.807) is 0 Å². The largest absolute Gasteiger partial charge is 0.504 e. The van der Waals surface area contributed by atoms with Crippen molar-refractivity contribution < 1.29 is 39.3 Å². The van der Waals surface area contributed by atoms with Crippen LogP contribution in [0.5, 0.6) is 11.5 Å². The van der Waals surface area contributed by atoms with Crippen molar-refractivity contribution >= 4 is 35.5 Å². The van der Waals surface area contributed by atoms with Crippen LogP contribution in [-0.2, 0) is 24.0 Å². The molecule has 0 saturated carbocycles. The maximum atomic E-state index is 13.4. The molecular weight excluding hydrogens is 570 g/mol. The summed E-state index contributed by atoms with van der Waals surface area (Å²) in [6.45, 7) is -1.76. The molecule has 19 nitrogen and oxygen atoms in total. The van der Waals surface area contributed by atoms with Crippen LogP contribution in [0, 0.1) is 5.41 Å². The van der Waals surface area contributed by atoms with E-state index in [1.807, 2.05) is 0 Å². The van der Waals surface area contributed by atoms with Crippen LogP contribution >= 0.6 is 0 Å². The highest BCUT2D eigenvalue weighted by atomic mass is 16.3. The number of aliphatic hydroxyl groups excluding tert-OH is 1. The lowest BCUT2D eigenvalue weighted by Gasteiger charge is -2.37. The molecule has 2 heterocycles. The van der Waals surface area contributed by atoms with E-state index in [1.165, 1.54) is 18.2 Å². The molecular formula is C24H35N11O8. The lowest BCUT2D eigenvalue weighted by atomic mass is 9.92. The number of amides is 5. The van der Waals surface area contributed by atoms with Crippen LogP contribution in [0.4, 0.5) is 0 Å². The molecule has 3 rings (SSSR count). The number of phenolic OH excluding ortho intramolecular Hbond substituents is 2. The molecule has 1 aromatic rings. The summed E-state index contributed by atoms with van der Waals surface area (Å²) in [7, 11) is 0. The van der Waals surface area contributed by atoms with E-state index in [0.717, 1.165) is 6.20 Å². The van der Waals surface area contributed by atoms with Gasteiger partial charge in [-0.1, -0.05) is 6.07 Å². The van der Waals surface area contributed by atoms with Crippen molar-refractivity contribution in [2.45, 2.75) is 42.7 Å². The average Bonchev–Trinajstić information content (AvgIpc) is 2.98. The number of carbonyl (C=O) groups excluding carboxylic acids is 5. The number of aromatic hydroxyl groups is 2. The van der Waals surface area contributed by atoms with Gasteiger partial charge in [0.2, 0.25) is 23.6 Å². The molecule has 234 valence electrons. The highest BCUT2D eigenvalue weighted by Crippen LogP contribution is 2.30. The van der Waals surface area contributed by atoms with Gasteiger partial charge >= 0.3 is 0 Å². The molecule has 1 aromatic carbocycles. The van der Waals surface area contributed by atoms with E-state index >= 15 is 0 Å². The van der Waals surface area contributed by atoms with Crippen molar-refractivity contribution in [3.8, 4) is 11.5 Å². The third-order valence-electron chi connectivity index (χ3n) is 6.70. The van der Waals surface area contributed by atoms with Crippen molar-refractivity contribution in [1.29, 1.82) is 5.41 Å². The molecule has 43 heavy (non-hydrogen) atoms. The topological polar surface area (TPSA) is 332 Å². The van der Waals surface area contributed by atoms with Crippen molar-refractivity contribution in [1.82, 2.24) is 37.2 Å². The summed E-state index contributed by atoms with van der Waals surface area (Å²) in [6, 6.07) is -3.43. The number of nitrogens with two attached hydrogens (primary N) is 3. The fourth-order valence-electron chi connectivity index (χ4n) is 4.32. The zero-order valence-corrected chi connectivity index (χ0v) is 22.7. The summed E-state index contributed by atoms with van der Waals surface area (Å²) in [5.41, 5.74) is 17.0. The minimum atomic E-state index is -1.52. The number of hydrogen-bond donors (Lipinski definition) is 14. The van der Waals surface area contributed by atoms with Crippen molar-refractivity contribution in [3.05, 3.63) is 35.7 Å². The van der Waals surface area contributed by atoms with E-state index in [0.29, 0.717) is 5.56 Å². The maximum absolute atomic E-state index is 13.4. The molecule has 2 fully saturated rings. The van der Waals surface area contributed by atoms with Gasteiger partial charge < -0.3 is 69.7 Å². The molecule has 6 atom stereocenters. The number of nitrogens with one attached hydrogen (secondary N) is 8. The molecule has 2 aliphatic rings. The predicted octanol–water partition coefficient (Wildman–Crippen LogP) is -6.20. The Kier molecular flexibility index (Phi) is 10.7. The van der Waals surface area contributed by atoms with Crippen LogP contribution in [-0.4, -0.2) is 101 Å². The maximum Gasteiger partial charge on any atom is 0.270 e. The Morgan fingerprint density at radius 3 is 2.23 bits per heavy atom. The monoisotopic (exact) mass is 605 g/mol. The predicted molar refractivity (Wildman–Crippen MR) is 148 cm³/mol. The molecule has 5 amide bonds. The number of hydrogen-bond acceptors (Lipinski definition) is 12. The highest BCUT2D eigenvalue weighted by Gasteiger charge is 2.38. The lowest BCUT2D eigenvalue weighted by molar-refractivity contribution is -0.133. The van der Waals surface area contributed by atoms with Crippen molar-refractivity contribution in [2.75, 3.05) is 19.7 Å². The van der Waals surface area contributed by atoms with Gasteiger partial charge in [0.05, 0.1) is 18.7 Å². The molecule has 0 aromatic heterocycles. The van der Waals surface area contributed by atoms with Crippen LogP contribution in [0.2, 0.25) is 0 Å². The summed E-state index contributed by atoms with van der Waals surface area (Å²) in [4.78, 5) is 64.6. The van der Waals surface area contributed by atoms with E-state index in [4.69, 9.17) is 22.6 Å². The molecule has 17 N–H and O–H groups in total. The van der Waals surface area contributed by atoms with Crippen LogP contribution in [0.1, 0.15) is 18.0 Å². The number of rotatable bonds is 4. The molecule has 0 radical (unpaired) electrons. The van der Waals surface area contributed by atoms with Crippen LogP contribution < -0.4 is 54.4 Å². The van der Waals surface area contributed by atoms with Crippen LogP contribution in [0.25, 0.3) is 0 Å². The summed E-state index contributed by atoms with van der Waals surface area (Å²) in [6.07, 6.45) is 0.804. The summed E-state index contributed by atoms with van der Waals surface area (Å²) in [5, 5.41) is 54.6. The second-order valence-corrected chi connectivity index (χ2v) is 9.72. The fraction of sp³-hybridized carbons (Fsp3) is 0.417. The van der Waals surface area contributed by atoms with Gasteiger partial charge in [0, 0.05) is 19.3 Å². The van der Waals surface area contributed by atoms with Crippen molar-refractivity contribution in [3.63, 3.8) is 0 Å². The zero-order valence-electron chi connectivity index (χ0n) is 22.7. The van der Waals surface area contributed by atoms with E-state index < -0.39 is 96.9 Å². The van der Waals surface area contributed by atoms with Gasteiger partial charge in [-0.2, -0.15) is 0 Å². The Morgan fingerprint density at radius 1 is 0.907 bits per heavy atom. The number of benzene rings is 1. The van der Waals surface area contributed by atoms with E-state index in [9.17, 15) is 39.3 Å². The number of carbonyl (C=O) groups is 5. The minimum absolute atomic E-state index is 0.0466. The first kappa shape index (κ1) is 32.4. The van der Waals surface area contributed by atoms with Gasteiger partial charge in [0.1, 0.15) is 29.9 Å². The molecule has 2 unspecified atom stereocenters. The Labute approximate surface area is 244 Å². The van der Waals surface area contributed by atoms with E-state index in [-0.39, 0.29) is 18.1 Å². The third-order valence-corrected chi connectivity index (χ3v) is 6.70. The molecule has 0 spiro atoms. The third kappa shape index (κ3) is 7.99. The summed E-state index contributed by atoms with van der Waals surface area (Å²) < 4.78 is 0. The SMILES string of the molecule is N=C1NC(c2ccc(O)c(O)c2)CC([C@@H]2NC(=O)/C(=C/N)NC(=O)[C@H](CN)NC(=O)[C@H](CO)NC(=O)[C@@H](N)CNC2=O)N1. The molecule has 0 aliphatic carbocycles. The second kappa shape index (κ2) is 14.2. The zero-order chi connectivity index (χ0) is 31.8. The van der Waals surface area contributed by atoms with E-state index in [2.05, 4.69) is 37.2 Å². The Hall–Kier alpha value is -5.14. The number of phenols is 2. The average molecular weight is 606 g/mol. The fourth-order valence-corrected chi connectivity index (χ4v) is 4.32. The highest BCUT2D eigenvalue weighted by molar-refractivity contribution is 6.02. The van der Waals surface area contributed by atoms with Crippen LogP contribution in [0.15, 0.2) is 30.1 Å². The minimum Gasteiger partial charge on any atom is -0.504 e. The molecule has 19 heteroatoms. The number of guanidine groups is 1. The second-order valence-electron chi connectivity index (χ2n) is 9.72. The van der Waals surface area contributed by atoms with Gasteiger partial charge in [-0.15, -0.1) is 0 Å². The summed E-state index contributed by atoms with van der Waals surface area (Å²) >= 11 is 0.